The number of nitrogens with one attached hydrogen (secondary N) is 2. The molecule has 0 saturated carbocycles. The maximum Gasteiger partial charge on any atom is 0.261 e. The van der Waals surface area contributed by atoms with Crippen LogP contribution in [0.4, 0.5) is 14.5 Å². The minimum atomic E-state index is -3.11. The predicted octanol–water partition coefficient (Wildman–Crippen LogP) is 5.11. The van der Waals surface area contributed by atoms with Crippen LogP contribution in [0.5, 0.6) is 5.75 Å². The van der Waals surface area contributed by atoms with Gasteiger partial charge in [-0.3, -0.25) is 18.9 Å². The van der Waals surface area contributed by atoms with Crippen LogP contribution in [-0.2, 0) is 17.4 Å². The molecule has 2 aromatic heterocycles. The average molecular weight is 631 g/mol. The Morgan fingerprint density at radius 3 is 2.40 bits per heavy atom. The van der Waals surface area contributed by atoms with E-state index in [4.69, 9.17) is 9.15 Å². The molecule has 228 valence electrons. The zero-order valence-electron chi connectivity index (χ0n) is 23.8. The molecule has 0 atom stereocenters. The number of ether oxygens (including phenoxy) is 1. The van der Waals surface area contributed by atoms with Crippen LogP contribution < -0.4 is 20.3 Å². The molecule has 2 N–H and O–H groups in total. The zero-order chi connectivity index (χ0) is 31.8. The number of fused-ring (bicyclic) bond motifs is 2. The molecule has 0 aliphatic rings. The molecule has 0 fully saturated rings. The average Bonchev–Trinajstić information content (AvgIpc) is 3.40. The van der Waals surface area contributed by atoms with E-state index < -0.39 is 34.0 Å². The van der Waals surface area contributed by atoms with Crippen LogP contribution in [0, 0.1) is 11.6 Å². The van der Waals surface area contributed by atoms with E-state index in [0.29, 0.717) is 33.2 Å². The van der Waals surface area contributed by atoms with Crippen molar-refractivity contribution in [2.24, 2.45) is 0 Å². The highest BCUT2D eigenvalue weighted by Gasteiger charge is 2.24. The highest BCUT2D eigenvalue weighted by Crippen LogP contribution is 2.40. The third-order valence-electron chi connectivity index (χ3n) is 7.33. The number of hydrogen-bond acceptors (Lipinski definition) is 7. The van der Waals surface area contributed by atoms with Crippen molar-refractivity contribution in [2.75, 3.05) is 18.9 Å². The van der Waals surface area contributed by atoms with Crippen LogP contribution in [0.25, 0.3) is 44.3 Å². The minimum Gasteiger partial charge on any atom is -0.496 e. The predicted molar refractivity (Wildman–Crippen MR) is 166 cm³/mol. The molecular formula is C32H24F2N4O6S. The Labute approximate surface area is 256 Å². The van der Waals surface area contributed by atoms with Crippen molar-refractivity contribution in [2.45, 2.75) is 6.54 Å². The fourth-order valence-corrected chi connectivity index (χ4v) is 5.58. The monoisotopic (exact) mass is 630 g/mol. The lowest BCUT2D eigenvalue weighted by molar-refractivity contribution is 0.0964. The number of carbonyl (C=O) groups is 1. The standard InChI is InChI=1S/C32H24F2N4O6S/c1-35-31(39)29-24-13-22(26(37-45(41)42)14-28(24)44-30(29)17-3-7-20(33)8-4-17)18-6-10-25-23(11-18)32(40)38(16-36-25)15-19-5-9-21(34)12-27(19)43-2/h3-14,16,45H,15H2,1-2H3,(H,35,39)(H,37,41,42). The first-order valence-corrected chi connectivity index (χ1v) is 14.7. The number of carbonyl (C=O) groups excluding carboxylic acids is 1. The summed E-state index contributed by atoms with van der Waals surface area (Å²) in [6.07, 6.45) is 1.38. The molecule has 0 radical (unpaired) electrons. The molecule has 0 unspecified atom stereocenters. The molecule has 0 bridgehead atoms. The number of anilines is 1. The molecule has 0 spiro atoms. The summed E-state index contributed by atoms with van der Waals surface area (Å²) < 4.78 is 66.1. The van der Waals surface area contributed by atoms with Crippen molar-refractivity contribution in [3.05, 3.63) is 112 Å². The maximum atomic E-state index is 13.7. The largest absolute Gasteiger partial charge is 0.496 e. The number of nitrogens with zero attached hydrogens (tertiary/aromatic N) is 2. The molecule has 2 heterocycles. The van der Waals surface area contributed by atoms with E-state index in [2.05, 4.69) is 15.0 Å². The number of methoxy groups -OCH3 is 1. The normalized spacial score (nSPS) is 11.3. The summed E-state index contributed by atoms with van der Waals surface area (Å²) in [7, 11) is -0.253. The number of halogens is 2. The first-order chi connectivity index (χ1) is 21.7. The molecule has 0 aliphatic heterocycles. The third-order valence-corrected chi connectivity index (χ3v) is 7.75. The van der Waals surface area contributed by atoms with Crippen LogP contribution >= 0.6 is 0 Å². The summed E-state index contributed by atoms with van der Waals surface area (Å²) >= 11 is 0. The van der Waals surface area contributed by atoms with Crippen LogP contribution in [0.3, 0.4) is 0 Å². The van der Waals surface area contributed by atoms with Gasteiger partial charge in [-0.1, -0.05) is 12.1 Å². The lowest BCUT2D eigenvalue weighted by Gasteiger charge is -2.12. The van der Waals surface area contributed by atoms with E-state index in [0.717, 1.165) is 0 Å². The number of hydrogen-bond donors (Lipinski definition) is 3. The fourth-order valence-electron chi connectivity index (χ4n) is 5.20. The second kappa shape index (κ2) is 11.8. The highest BCUT2D eigenvalue weighted by atomic mass is 32.2. The number of amides is 1. The lowest BCUT2D eigenvalue weighted by atomic mass is 9.98. The van der Waals surface area contributed by atoms with Crippen molar-refractivity contribution >= 4 is 44.4 Å². The van der Waals surface area contributed by atoms with Gasteiger partial charge in [0, 0.05) is 41.3 Å². The Morgan fingerprint density at radius 2 is 1.69 bits per heavy atom. The Morgan fingerprint density at radius 1 is 0.956 bits per heavy atom. The first-order valence-electron chi connectivity index (χ1n) is 13.5. The summed E-state index contributed by atoms with van der Waals surface area (Å²) in [5, 5.41) is 3.19. The first kappa shape index (κ1) is 29.5. The van der Waals surface area contributed by atoms with E-state index in [-0.39, 0.29) is 40.3 Å². The molecule has 0 saturated heterocycles. The number of rotatable bonds is 8. The van der Waals surface area contributed by atoms with E-state index in [1.807, 2.05) is 0 Å². The fraction of sp³-hybridized carbons (Fsp3) is 0.0938. The van der Waals surface area contributed by atoms with Crippen molar-refractivity contribution in [1.29, 1.82) is 0 Å². The van der Waals surface area contributed by atoms with Gasteiger partial charge in [-0.25, -0.2) is 22.2 Å². The molecule has 13 heteroatoms. The van der Waals surface area contributed by atoms with Crippen molar-refractivity contribution in [3.63, 3.8) is 0 Å². The Hall–Kier alpha value is -5.56. The number of aromatic nitrogens is 2. The molecule has 4 aromatic carbocycles. The third kappa shape index (κ3) is 5.60. The Bertz CT molecular complexity index is 2250. The van der Waals surface area contributed by atoms with Crippen LogP contribution in [0.2, 0.25) is 0 Å². The summed E-state index contributed by atoms with van der Waals surface area (Å²) in [4.78, 5) is 31.1. The number of thiol groups is 1. The van der Waals surface area contributed by atoms with E-state index in [1.165, 1.54) is 73.6 Å². The van der Waals surface area contributed by atoms with E-state index >= 15 is 0 Å². The van der Waals surface area contributed by atoms with Gasteiger partial charge < -0.3 is 14.5 Å². The van der Waals surface area contributed by atoms with Gasteiger partial charge >= 0.3 is 0 Å². The van der Waals surface area contributed by atoms with E-state index in [1.54, 1.807) is 24.3 Å². The quantitative estimate of drug-likeness (QED) is 0.199. The topological polar surface area (TPSA) is 133 Å². The van der Waals surface area contributed by atoms with Crippen LogP contribution in [0.15, 0.2) is 88.3 Å². The number of benzene rings is 4. The smallest absolute Gasteiger partial charge is 0.261 e. The van der Waals surface area contributed by atoms with Gasteiger partial charge in [-0.15, -0.1) is 0 Å². The maximum absolute atomic E-state index is 13.7. The Kier molecular flexibility index (Phi) is 7.77. The summed E-state index contributed by atoms with van der Waals surface area (Å²) in [6, 6.07) is 17.3. The highest BCUT2D eigenvalue weighted by molar-refractivity contribution is 7.73. The number of furan rings is 1. The van der Waals surface area contributed by atoms with Gasteiger partial charge in [0.15, 0.2) is 0 Å². The molecule has 10 nitrogen and oxygen atoms in total. The van der Waals surface area contributed by atoms with Crippen molar-refractivity contribution in [1.82, 2.24) is 14.9 Å². The molecule has 6 aromatic rings. The van der Waals surface area contributed by atoms with Crippen LogP contribution in [-0.4, -0.2) is 38.0 Å². The molecule has 1 amide bonds. The summed E-state index contributed by atoms with van der Waals surface area (Å²) in [6.45, 7) is 0.0571. The zero-order valence-corrected chi connectivity index (χ0v) is 24.7. The molecule has 6 rings (SSSR count). The summed E-state index contributed by atoms with van der Waals surface area (Å²) in [5.74, 6) is -0.978. The van der Waals surface area contributed by atoms with E-state index in [9.17, 15) is 26.8 Å². The SMILES string of the molecule is CNC(=O)c1c(-c2ccc(F)cc2)oc2cc(N[SH](=O)=O)c(-c3ccc4ncn(Cc5ccc(F)cc5OC)c(=O)c4c3)cc12. The second-order valence-corrected chi connectivity index (χ2v) is 10.8. The molecular weight excluding hydrogens is 606 g/mol. The van der Waals surface area contributed by atoms with Gasteiger partial charge in [-0.05, 0) is 54.1 Å². The van der Waals surface area contributed by atoms with Gasteiger partial charge in [-0.2, -0.15) is 0 Å². The van der Waals surface area contributed by atoms with Crippen LogP contribution in [0.1, 0.15) is 15.9 Å². The second-order valence-electron chi connectivity index (χ2n) is 10.0. The van der Waals surface area contributed by atoms with Crippen molar-refractivity contribution in [3.8, 4) is 28.2 Å². The molecule has 0 aliphatic carbocycles. The van der Waals surface area contributed by atoms with Gasteiger partial charge in [0.25, 0.3) is 11.5 Å². The minimum absolute atomic E-state index is 0.0571. The Balaban J connectivity index is 1.53. The molecule has 45 heavy (non-hydrogen) atoms. The van der Waals surface area contributed by atoms with Gasteiger partial charge in [0.2, 0.25) is 10.9 Å². The summed E-state index contributed by atoms with van der Waals surface area (Å²) in [5.41, 5.74) is 2.31. The van der Waals surface area contributed by atoms with Crippen molar-refractivity contribution < 1.29 is 31.1 Å². The lowest BCUT2D eigenvalue weighted by Crippen LogP contribution is -2.21. The van der Waals surface area contributed by atoms with Gasteiger partial charge in [0.1, 0.15) is 28.7 Å². The van der Waals surface area contributed by atoms with Gasteiger partial charge in [0.05, 0.1) is 42.1 Å².